The highest BCUT2D eigenvalue weighted by Gasteiger charge is 2.48. The Kier molecular flexibility index (Phi) is 7.77. The van der Waals surface area contributed by atoms with E-state index in [9.17, 15) is 9.59 Å². The van der Waals surface area contributed by atoms with Crippen molar-refractivity contribution in [3.63, 3.8) is 0 Å². The Bertz CT molecular complexity index is 1370. The molecule has 222 valence electrons. The number of ether oxygens (including phenoxy) is 2. The average Bonchev–Trinajstić information content (AvgIpc) is 3.64. The van der Waals surface area contributed by atoms with Gasteiger partial charge >= 0.3 is 11.9 Å². The van der Waals surface area contributed by atoms with E-state index in [1.54, 1.807) is 0 Å². The molecule has 0 aliphatic carbocycles. The third-order valence-corrected chi connectivity index (χ3v) is 10.3. The van der Waals surface area contributed by atoms with Gasteiger partial charge in [-0.2, -0.15) is 0 Å². The number of carbonyl (C=O) groups is 2. The molecule has 4 heterocycles. The molecule has 4 aliphatic rings. The standard InChI is InChI=1S/C30H36N6O4S2/c1-19-5-7-23-21(13-19)35(3)17-29(41-23,15-25-31-9-10-32-25)39-27(37)28(38)40-30(16-26-33-11-12-34-26)18-36(4)22-14-20(2)6-8-24(22)42-30/h5-8,13-14H,9-12,15-18H2,1-4H3,(H,31,32)(H,33,34). The lowest BCUT2D eigenvalue weighted by molar-refractivity contribution is -0.176. The normalized spacial score (nSPS) is 24.6. The SMILES string of the molecule is Cc1ccc2c(c1)N(C)CC(CC1=NCCN1)(OC(=O)C(=O)OC1(CC3=NCCN3)CN(C)c3cc(C)ccc3S1)S2. The van der Waals surface area contributed by atoms with E-state index in [0.717, 1.165) is 57.1 Å². The number of esters is 2. The van der Waals surface area contributed by atoms with Gasteiger partial charge in [0.1, 0.15) is 11.7 Å². The van der Waals surface area contributed by atoms with E-state index >= 15 is 0 Å². The number of carbonyl (C=O) groups excluding carboxylic acids is 2. The minimum absolute atomic E-state index is 0.352. The van der Waals surface area contributed by atoms with Crippen molar-refractivity contribution in [3.8, 4) is 0 Å². The Balaban J connectivity index is 1.26. The van der Waals surface area contributed by atoms with Crippen LogP contribution >= 0.6 is 23.5 Å². The second-order valence-electron chi connectivity index (χ2n) is 11.3. The first-order chi connectivity index (χ1) is 20.1. The summed E-state index contributed by atoms with van der Waals surface area (Å²) in [4.78, 5) is 40.4. The van der Waals surface area contributed by atoms with Crippen LogP contribution in [0.5, 0.6) is 0 Å². The average molecular weight is 609 g/mol. The molecule has 0 saturated heterocycles. The second kappa shape index (κ2) is 11.4. The van der Waals surface area contributed by atoms with Crippen molar-refractivity contribution in [1.82, 2.24) is 10.6 Å². The maximum absolute atomic E-state index is 13.6. The first-order valence-corrected chi connectivity index (χ1v) is 15.8. The van der Waals surface area contributed by atoms with E-state index in [1.807, 2.05) is 38.4 Å². The van der Waals surface area contributed by atoms with Gasteiger partial charge in [0.25, 0.3) is 0 Å². The molecule has 42 heavy (non-hydrogen) atoms. The van der Waals surface area contributed by atoms with E-state index in [4.69, 9.17) is 9.47 Å². The fraction of sp³-hybridized carbons (Fsp3) is 0.467. The number of amidine groups is 2. The lowest BCUT2D eigenvalue weighted by atomic mass is 10.1. The lowest BCUT2D eigenvalue weighted by Gasteiger charge is -2.43. The van der Waals surface area contributed by atoms with E-state index in [1.165, 1.54) is 23.5 Å². The predicted molar refractivity (Wildman–Crippen MR) is 168 cm³/mol. The van der Waals surface area contributed by atoms with Crippen molar-refractivity contribution >= 4 is 58.5 Å². The fourth-order valence-corrected chi connectivity index (χ4v) is 8.69. The number of hydrogen-bond donors (Lipinski definition) is 2. The van der Waals surface area contributed by atoms with Gasteiger partial charge < -0.3 is 29.9 Å². The van der Waals surface area contributed by atoms with E-state index in [0.29, 0.717) is 39.0 Å². The highest BCUT2D eigenvalue weighted by molar-refractivity contribution is 8.01. The first-order valence-electron chi connectivity index (χ1n) is 14.1. The number of aryl methyl sites for hydroxylation is 2. The van der Waals surface area contributed by atoms with Crippen molar-refractivity contribution in [1.29, 1.82) is 0 Å². The van der Waals surface area contributed by atoms with Gasteiger partial charge in [-0.25, -0.2) is 9.59 Å². The number of fused-ring (bicyclic) bond motifs is 2. The molecular formula is C30H36N6O4S2. The minimum Gasteiger partial charge on any atom is -0.437 e. The molecule has 6 rings (SSSR count). The molecule has 0 radical (unpaired) electrons. The lowest BCUT2D eigenvalue weighted by Crippen LogP contribution is -2.51. The maximum Gasteiger partial charge on any atom is 0.419 e. The molecule has 2 N–H and O–H groups in total. The summed E-state index contributed by atoms with van der Waals surface area (Å²) in [7, 11) is 3.95. The molecular weight excluding hydrogens is 573 g/mol. The Morgan fingerprint density at radius 3 is 1.60 bits per heavy atom. The number of anilines is 2. The second-order valence-corrected chi connectivity index (χ2v) is 14.1. The molecule has 2 unspecified atom stereocenters. The zero-order chi connectivity index (χ0) is 29.5. The van der Waals surface area contributed by atoms with Crippen molar-refractivity contribution < 1.29 is 19.1 Å². The number of nitrogens with one attached hydrogen (secondary N) is 2. The third-order valence-electron chi connectivity index (χ3n) is 7.68. The molecule has 0 spiro atoms. The van der Waals surface area contributed by atoms with Crippen molar-refractivity contribution in [2.75, 3.05) is 63.2 Å². The molecule has 2 atom stereocenters. The van der Waals surface area contributed by atoms with Crippen LogP contribution in [0, 0.1) is 13.8 Å². The minimum atomic E-state index is -1.06. The van der Waals surface area contributed by atoms with Crippen LogP contribution < -0.4 is 20.4 Å². The number of nitrogens with zero attached hydrogens (tertiary/aromatic N) is 4. The molecule has 12 heteroatoms. The molecule has 0 aromatic heterocycles. The van der Waals surface area contributed by atoms with E-state index in [2.05, 4.69) is 56.4 Å². The molecule has 2 aromatic carbocycles. The van der Waals surface area contributed by atoms with Crippen LogP contribution in [0.15, 0.2) is 56.2 Å². The summed E-state index contributed by atoms with van der Waals surface area (Å²) in [6.45, 7) is 7.71. The van der Waals surface area contributed by atoms with Crippen LogP contribution in [0.2, 0.25) is 0 Å². The van der Waals surface area contributed by atoms with Crippen LogP contribution in [0.25, 0.3) is 0 Å². The zero-order valence-corrected chi connectivity index (χ0v) is 26.0. The number of benzene rings is 2. The number of thioether (sulfide) groups is 2. The Labute approximate surface area is 254 Å². The van der Waals surface area contributed by atoms with Gasteiger partial charge in [-0.3, -0.25) is 9.98 Å². The number of likely N-dealkylation sites (N-methyl/N-ethyl adjacent to an activating group) is 2. The zero-order valence-electron chi connectivity index (χ0n) is 24.4. The number of aliphatic imine (C=N–C) groups is 2. The van der Waals surface area contributed by atoms with Crippen LogP contribution in [-0.4, -0.2) is 86.8 Å². The van der Waals surface area contributed by atoms with Crippen LogP contribution in [-0.2, 0) is 19.1 Å². The number of hydrogen-bond acceptors (Lipinski definition) is 12. The van der Waals surface area contributed by atoms with Gasteiger partial charge in [-0.05, 0) is 49.2 Å². The predicted octanol–water partition coefficient (Wildman–Crippen LogP) is 3.35. The van der Waals surface area contributed by atoms with Crippen LogP contribution in [0.3, 0.4) is 0 Å². The molecule has 0 bridgehead atoms. The van der Waals surface area contributed by atoms with Gasteiger partial charge in [0.05, 0.1) is 50.4 Å². The maximum atomic E-state index is 13.6. The Morgan fingerprint density at radius 2 is 1.21 bits per heavy atom. The van der Waals surface area contributed by atoms with Gasteiger partial charge in [-0.15, -0.1) is 0 Å². The van der Waals surface area contributed by atoms with E-state index < -0.39 is 21.8 Å². The summed E-state index contributed by atoms with van der Waals surface area (Å²) in [6, 6.07) is 12.4. The largest absolute Gasteiger partial charge is 0.437 e. The first kappa shape index (κ1) is 28.7. The molecule has 2 aromatic rings. The van der Waals surface area contributed by atoms with Crippen LogP contribution in [0.1, 0.15) is 24.0 Å². The van der Waals surface area contributed by atoms with Gasteiger partial charge in [-0.1, -0.05) is 35.7 Å². The topological polar surface area (TPSA) is 108 Å². The fourth-order valence-electron chi connectivity index (χ4n) is 5.81. The molecule has 0 fully saturated rings. The highest BCUT2D eigenvalue weighted by atomic mass is 32.2. The van der Waals surface area contributed by atoms with Gasteiger partial charge in [0, 0.05) is 37.0 Å². The molecule has 4 aliphatic heterocycles. The van der Waals surface area contributed by atoms with Crippen molar-refractivity contribution in [2.24, 2.45) is 9.98 Å². The molecule has 10 nitrogen and oxygen atoms in total. The number of rotatable bonds is 6. The van der Waals surface area contributed by atoms with Crippen molar-refractivity contribution in [3.05, 3.63) is 47.5 Å². The summed E-state index contributed by atoms with van der Waals surface area (Å²) < 4.78 is 12.3. The monoisotopic (exact) mass is 608 g/mol. The summed E-state index contributed by atoms with van der Waals surface area (Å²) in [5, 5.41) is 6.58. The third kappa shape index (κ3) is 5.92. The van der Waals surface area contributed by atoms with Crippen molar-refractivity contribution in [2.45, 2.75) is 46.3 Å². The Morgan fingerprint density at radius 1 is 0.786 bits per heavy atom. The molecule has 0 amide bonds. The Hall–Kier alpha value is -3.38. The van der Waals surface area contributed by atoms with Gasteiger partial charge in [0.2, 0.25) is 0 Å². The summed E-state index contributed by atoms with van der Waals surface area (Å²) in [6.07, 6.45) is 0.703. The summed E-state index contributed by atoms with van der Waals surface area (Å²) in [5.74, 6) is -0.482. The quantitative estimate of drug-likeness (QED) is 0.375. The van der Waals surface area contributed by atoms with E-state index in [-0.39, 0.29) is 0 Å². The summed E-state index contributed by atoms with van der Waals surface area (Å²) in [5.41, 5.74) is 4.42. The summed E-state index contributed by atoms with van der Waals surface area (Å²) >= 11 is 2.91. The molecule has 0 saturated carbocycles. The van der Waals surface area contributed by atoms with Crippen LogP contribution in [0.4, 0.5) is 11.4 Å². The van der Waals surface area contributed by atoms with Gasteiger partial charge in [0.15, 0.2) is 9.87 Å². The smallest absolute Gasteiger partial charge is 0.419 e. The highest BCUT2D eigenvalue weighted by Crippen LogP contribution is 2.49.